The van der Waals surface area contributed by atoms with E-state index in [9.17, 15) is 0 Å². The SMILES string of the molecule is CN=C(NCCOc1cccnc1)N1CCC(C)CC1.I. The van der Waals surface area contributed by atoms with Gasteiger partial charge in [-0.1, -0.05) is 6.92 Å². The number of ether oxygens (including phenoxy) is 1. The number of aliphatic imine (C=N–C) groups is 1. The molecule has 0 aliphatic carbocycles. The van der Waals surface area contributed by atoms with Gasteiger partial charge in [-0.15, -0.1) is 24.0 Å². The topological polar surface area (TPSA) is 49.8 Å². The number of nitrogens with zero attached hydrogens (tertiary/aromatic N) is 3. The van der Waals surface area contributed by atoms with Crippen molar-refractivity contribution in [3.8, 4) is 5.75 Å². The minimum absolute atomic E-state index is 0. The second kappa shape index (κ2) is 9.81. The highest BCUT2D eigenvalue weighted by atomic mass is 127. The van der Waals surface area contributed by atoms with Crippen LogP contribution in [0.5, 0.6) is 5.75 Å². The monoisotopic (exact) mass is 404 g/mol. The van der Waals surface area contributed by atoms with E-state index in [1.54, 1.807) is 12.4 Å². The molecule has 2 heterocycles. The zero-order valence-corrected chi connectivity index (χ0v) is 15.1. The summed E-state index contributed by atoms with van der Waals surface area (Å²) in [7, 11) is 1.84. The lowest BCUT2D eigenvalue weighted by atomic mass is 10.00. The van der Waals surface area contributed by atoms with Gasteiger partial charge in [-0.05, 0) is 30.9 Å². The van der Waals surface area contributed by atoms with Gasteiger partial charge in [0, 0.05) is 26.3 Å². The van der Waals surface area contributed by atoms with Crippen LogP contribution in [0.3, 0.4) is 0 Å². The molecule has 1 aliphatic rings. The molecule has 2 rings (SSSR count). The van der Waals surface area contributed by atoms with Crippen LogP contribution in [-0.2, 0) is 0 Å². The third-order valence-corrected chi connectivity index (χ3v) is 3.58. The van der Waals surface area contributed by atoms with Crippen molar-refractivity contribution >= 4 is 29.9 Å². The Labute approximate surface area is 144 Å². The van der Waals surface area contributed by atoms with Gasteiger partial charge in [0.05, 0.1) is 12.7 Å². The van der Waals surface area contributed by atoms with Crippen LogP contribution in [0.15, 0.2) is 29.5 Å². The summed E-state index contributed by atoms with van der Waals surface area (Å²) in [6.07, 6.45) is 5.95. The van der Waals surface area contributed by atoms with Gasteiger partial charge in [-0.2, -0.15) is 0 Å². The van der Waals surface area contributed by atoms with E-state index in [0.29, 0.717) is 6.61 Å². The lowest BCUT2D eigenvalue weighted by molar-refractivity contribution is 0.269. The van der Waals surface area contributed by atoms with E-state index in [1.807, 2.05) is 19.2 Å². The van der Waals surface area contributed by atoms with E-state index < -0.39 is 0 Å². The largest absolute Gasteiger partial charge is 0.490 e. The highest BCUT2D eigenvalue weighted by Crippen LogP contribution is 2.15. The molecule has 0 bridgehead atoms. The van der Waals surface area contributed by atoms with Crippen molar-refractivity contribution in [1.82, 2.24) is 15.2 Å². The maximum atomic E-state index is 5.61. The normalized spacial score (nSPS) is 16.3. The van der Waals surface area contributed by atoms with E-state index in [0.717, 1.165) is 37.3 Å². The number of likely N-dealkylation sites (tertiary alicyclic amines) is 1. The van der Waals surface area contributed by atoms with Crippen molar-refractivity contribution < 1.29 is 4.74 Å². The van der Waals surface area contributed by atoms with E-state index in [2.05, 4.69) is 27.1 Å². The number of pyridine rings is 1. The summed E-state index contributed by atoms with van der Waals surface area (Å²) in [5.41, 5.74) is 0. The molecular weight excluding hydrogens is 379 g/mol. The number of piperidine rings is 1. The van der Waals surface area contributed by atoms with E-state index >= 15 is 0 Å². The Kier molecular flexibility index (Phi) is 8.41. The van der Waals surface area contributed by atoms with Gasteiger partial charge in [-0.3, -0.25) is 9.98 Å². The summed E-state index contributed by atoms with van der Waals surface area (Å²) in [6, 6.07) is 3.78. The zero-order chi connectivity index (χ0) is 14.2. The molecule has 21 heavy (non-hydrogen) atoms. The minimum Gasteiger partial charge on any atom is -0.490 e. The highest BCUT2D eigenvalue weighted by Gasteiger charge is 2.18. The summed E-state index contributed by atoms with van der Waals surface area (Å²) in [5.74, 6) is 2.61. The number of aromatic nitrogens is 1. The Morgan fingerprint density at radius 2 is 2.24 bits per heavy atom. The molecule has 1 N–H and O–H groups in total. The molecule has 0 unspecified atom stereocenters. The predicted octanol–water partition coefficient (Wildman–Crippen LogP) is 2.39. The Bertz CT molecular complexity index is 419. The van der Waals surface area contributed by atoms with Gasteiger partial charge in [0.1, 0.15) is 12.4 Å². The Morgan fingerprint density at radius 1 is 1.48 bits per heavy atom. The summed E-state index contributed by atoms with van der Waals surface area (Å²) < 4.78 is 5.61. The van der Waals surface area contributed by atoms with Crippen LogP contribution in [0, 0.1) is 5.92 Å². The third-order valence-electron chi connectivity index (χ3n) is 3.58. The zero-order valence-electron chi connectivity index (χ0n) is 12.8. The van der Waals surface area contributed by atoms with Crippen molar-refractivity contribution in [3.05, 3.63) is 24.5 Å². The molecule has 1 fully saturated rings. The molecule has 1 aliphatic heterocycles. The maximum absolute atomic E-state index is 5.61. The van der Waals surface area contributed by atoms with E-state index in [-0.39, 0.29) is 24.0 Å². The lowest BCUT2D eigenvalue weighted by Gasteiger charge is -2.32. The number of guanidine groups is 1. The van der Waals surface area contributed by atoms with Crippen LogP contribution in [0.4, 0.5) is 0 Å². The first kappa shape index (κ1) is 18.0. The summed E-state index contributed by atoms with van der Waals surface area (Å²) in [4.78, 5) is 10.7. The first-order chi connectivity index (χ1) is 9.79. The Morgan fingerprint density at radius 3 is 2.86 bits per heavy atom. The van der Waals surface area contributed by atoms with Gasteiger partial charge in [0.15, 0.2) is 5.96 Å². The fourth-order valence-electron chi connectivity index (χ4n) is 2.32. The molecule has 0 spiro atoms. The second-order valence-electron chi connectivity index (χ2n) is 5.18. The minimum atomic E-state index is 0. The first-order valence-corrected chi connectivity index (χ1v) is 7.28. The molecule has 0 amide bonds. The second-order valence-corrected chi connectivity index (χ2v) is 5.18. The summed E-state index contributed by atoms with van der Waals surface area (Å²) in [5, 5.41) is 3.35. The van der Waals surface area contributed by atoms with Gasteiger partial charge in [-0.25, -0.2) is 0 Å². The molecule has 0 aromatic carbocycles. The fourth-order valence-corrected chi connectivity index (χ4v) is 2.32. The molecule has 1 saturated heterocycles. The molecule has 1 aromatic heterocycles. The van der Waals surface area contributed by atoms with Gasteiger partial charge in [0.25, 0.3) is 0 Å². The molecule has 118 valence electrons. The Hall–Kier alpha value is -1.05. The average molecular weight is 404 g/mol. The number of hydrogen-bond acceptors (Lipinski definition) is 3. The van der Waals surface area contributed by atoms with Crippen LogP contribution < -0.4 is 10.1 Å². The molecule has 1 aromatic rings. The van der Waals surface area contributed by atoms with Crippen LogP contribution in [0.1, 0.15) is 19.8 Å². The van der Waals surface area contributed by atoms with Crippen LogP contribution in [0.25, 0.3) is 0 Å². The number of rotatable bonds is 4. The summed E-state index contributed by atoms with van der Waals surface area (Å²) in [6.45, 7) is 5.84. The van der Waals surface area contributed by atoms with Gasteiger partial charge in [0.2, 0.25) is 0 Å². The van der Waals surface area contributed by atoms with E-state index in [4.69, 9.17) is 4.74 Å². The smallest absolute Gasteiger partial charge is 0.193 e. The van der Waals surface area contributed by atoms with Gasteiger partial charge >= 0.3 is 0 Å². The fraction of sp³-hybridized carbons (Fsp3) is 0.600. The van der Waals surface area contributed by atoms with Crippen LogP contribution in [-0.4, -0.2) is 49.1 Å². The average Bonchev–Trinajstić information content (AvgIpc) is 2.50. The van der Waals surface area contributed by atoms with Crippen molar-refractivity contribution in [2.75, 3.05) is 33.3 Å². The standard InChI is InChI=1S/C15H24N4O.HI/c1-13-5-9-19(10-6-13)15(16-2)18-8-11-20-14-4-3-7-17-12-14;/h3-4,7,12-13H,5-6,8-11H2,1-2H3,(H,16,18);1H. The molecule has 5 nitrogen and oxygen atoms in total. The first-order valence-electron chi connectivity index (χ1n) is 7.28. The lowest BCUT2D eigenvalue weighted by Crippen LogP contribution is -2.46. The predicted molar refractivity (Wildman–Crippen MR) is 96.5 cm³/mol. The highest BCUT2D eigenvalue weighted by molar-refractivity contribution is 14.0. The van der Waals surface area contributed by atoms with Crippen molar-refractivity contribution in [2.45, 2.75) is 19.8 Å². The maximum Gasteiger partial charge on any atom is 0.193 e. The number of hydrogen-bond donors (Lipinski definition) is 1. The van der Waals surface area contributed by atoms with Crippen molar-refractivity contribution in [3.63, 3.8) is 0 Å². The van der Waals surface area contributed by atoms with Crippen LogP contribution >= 0.6 is 24.0 Å². The number of halogens is 1. The van der Waals surface area contributed by atoms with Crippen molar-refractivity contribution in [1.29, 1.82) is 0 Å². The Balaban J connectivity index is 0.00000220. The molecule has 0 radical (unpaired) electrons. The molecule has 0 saturated carbocycles. The molecular formula is C15H25IN4O. The summed E-state index contributed by atoms with van der Waals surface area (Å²) >= 11 is 0. The van der Waals surface area contributed by atoms with Crippen molar-refractivity contribution in [2.24, 2.45) is 10.9 Å². The van der Waals surface area contributed by atoms with Gasteiger partial charge < -0.3 is 15.0 Å². The van der Waals surface area contributed by atoms with E-state index in [1.165, 1.54) is 12.8 Å². The van der Waals surface area contributed by atoms with Crippen LogP contribution in [0.2, 0.25) is 0 Å². The quantitative estimate of drug-likeness (QED) is 0.363. The third kappa shape index (κ3) is 6.07. The number of nitrogens with one attached hydrogen (secondary N) is 1. The molecule has 0 atom stereocenters. The molecule has 6 heteroatoms.